The number of ether oxygens (including phenoxy) is 1. The van der Waals surface area contributed by atoms with Gasteiger partial charge in [0.05, 0.1) is 0 Å². The third-order valence-electron chi connectivity index (χ3n) is 3.97. The van der Waals surface area contributed by atoms with E-state index in [4.69, 9.17) is 9.15 Å². The first kappa shape index (κ1) is 14.8. The summed E-state index contributed by atoms with van der Waals surface area (Å²) in [5.74, 6) is 0.257. The number of carbonyl (C=O) groups is 1. The molecule has 2 aromatic rings. The summed E-state index contributed by atoms with van der Waals surface area (Å²) in [7, 11) is 0. The molecular formula is C17H18FNO3. The van der Waals surface area contributed by atoms with Crippen LogP contribution >= 0.6 is 0 Å². The van der Waals surface area contributed by atoms with Crippen molar-refractivity contribution < 1.29 is 18.3 Å². The Morgan fingerprint density at radius 3 is 2.50 bits per heavy atom. The van der Waals surface area contributed by atoms with E-state index in [1.54, 1.807) is 24.3 Å². The van der Waals surface area contributed by atoms with E-state index in [9.17, 15) is 9.18 Å². The first-order chi connectivity index (χ1) is 10.6. The number of halogens is 1. The van der Waals surface area contributed by atoms with Crippen LogP contribution in [0.15, 0.2) is 40.8 Å². The highest BCUT2D eigenvalue weighted by Crippen LogP contribution is 2.24. The van der Waals surface area contributed by atoms with Gasteiger partial charge in [-0.3, -0.25) is 4.79 Å². The lowest BCUT2D eigenvalue weighted by Gasteiger charge is -2.34. The standard InChI is InChI=1S/C17H18FNO3/c1-17(8-10-21-11-9-17)19-16(20)15-7-6-14(22-15)12-2-4-13(18)5-3-12/h2-7H,8-11H2,1H3,(H,19,20). The van der Waals surface area contributed by atoms with E-state index in [1.165, 1.54) is 12.1 Å². The number of carbonyl (C=O) groups excluding carboxylic acids is 1. The van der Waals surface area contributed by atoms with Crippen LogP contribution in [0.2, 0.25) is 0 Å². The number of nitrogens with one attached hydrogen (secondary N) is 1. The lowest BCUT2D eigenvalue weighted by Crippen LogP contribution is -2.49. The summed E-state index contributed by atoms with van der Waals surface area (Å²) in [6, 6.07) is 9.32. The maximum atomic E-state index is 12.9. The number of benzene rings is 1. The summed E-state index contributed by atoms with van der Waals surface area (Å²) in [4.78, 5) is 12.3. The van der Waals surface area contributed by atoms with Gasteiger partial charge in [-0.05, 0) is 56.2 Å². The lowest BCUT2D eigenvalue weighted by molar-refractivity contribution is 0.0414. The molecule has 22 heavy (non-hydrogen) atoms. The van der Waals surface area contributed by atoms with Crippen molar-refractivity contribution in [3.05, 3.63) is 48.0 Å². The minimum Gasteiger partial charge on any atom is -0.451 e. The molecule has 0 unspecified atom stereocenters. The maximum Gasteiger partial charge on any atom is 0.287 e. The second kappa shape index (κ2) is 5.93. The smallest absolute Gasteiger partial charge is 0.287 e. The zero-order chi connectivity index (χ0) is 15.6. The maximum absolute atomic E-state index is 12.9. The highest BCUT2D eigenvalue weighted by molar-refractivity contribution is 5.92. The molecule has 1 fully saturated rings. The Morgan fingerprint density at radius 1 is 1.14 bits per heavy atom. The predicted octanol–water partition coefficient (Wildman–Crippen LogP) is 3.38. The van der Waals surface area contributed by atoms with E-state index in [0.717, 1.165) is 18.4 Å². The third-order valence-corrected chi connectivity index (χ3v) is 3.97. The summed E-state index contributed by atoms with van der Waals surface area (Å²) in [5, 5.41) is 3.01. The Balaban J connectivity index is 1.73. The molecule has 116 valence electrons. The first-order valence-corrected chi connectivity index (χ1v) is 7.32. The summed E-state index contributed by atoms with van der Waals surface area (Å²) in [6.07, 6.45) is 1.56. The van der Waals surface area contributed by atoms with Crippen molar-refractivity contribution >= 4 is 5.91 Å². The molecule has 5 heteroatoms. The number of hydrogen-bond acceptors (Lipinski definition) is 3. The second-order valence-electron chi connectivity index (χ2n) is 5.80. The van der Waals surface area contributed by atoms with Crippen molar-refractivity contribution in [1.82, 2.24) is 5.32 Å². The molecule has 0 saturated carbocycles. The van der Waals surface area contributed by atoms with Crippen molar-refractivity contribution in [2.45, 2.75) is 25.3 Å². The van der Waals surface area contributed by atoms with Crippen molar-refractivity contribution in [3.8, 4) is 11.3 Å². The topological polar surface area (TPSA) is 51.5 Å². The SMILES string of the molecule is CC1(NC(=O)c2ccc(-c3ccc(F)cc3)o2)CCOCC1. The molecule has 1 aromatic heterocycles. The molecule has 1 aliphatic heterocycles. The molecule has 1 amide bonds. The van der Waals surface area contributed by atoms with E-state index in [2.05, 4.69) is 5.32 Å². The Bertz CT molecular complexity index is 657. The largest absolute Gasteiger partial charge is 0.451 e. The van der Waals surface area contributed by atoms with E-state index < -0.39 is 0 Å². The van der Waals surface area contributed by atoms with Crippen LogP contribution in [0.1, 0.15) is 30.3 Å². The number of rotatable bonds is 3. The van der Waals surface area contributed by atoms with Gasteiger partial charge >= 0.3 is 0 Å². The number of amides is 1. The molecule has 0 radical (unpaired) electrons. The zero-order valence-electron chi connectivity index (χ0n) is 12.4. The van der Waals surface area contributed by atoms with Gasteiger partial charge in [0.15, 0.2) is 5.76 Å². The van der Waals surface area contributed by atoms with Gasteiger partial charge in [0.1, 0.15) is 11.6 Å². The highest BCUT2D eigenvalue weighted by Gasteiger charge is 2.30. The summed E-state index contributed by atoms with van der Waals surface area (Å²) < 4.78 is 23.8. The minimum atomic E-state index is -0.305. The minimum absolute atomic E-state index is 0.238. The van der Waals surface area contributed by atoms with Crippen LogP contribution in [-0.4, -0.2) is 24.7 Å². The molecule has 1 aromatic carbocycles. The second-order valence-corrected chi connectivity index (χ2v) is 5.80. The molecule has 1 aliphatic rings. The van der Waals surface area contributed by atoms with Crippen molar-refractivity contribution in [1.29, 1.82) is 0 Å². The Hall–Kier alpha value is -2.14. The lowest BCUT2D eigenvalue weighted by atomic mass is 9.92. The molecule has 1 saturated heterocycles. The molecule has 0 bridgehead atoms. The van der Waals surface area contributed by atoms with Crippen molar-refractivity contribution in [2.24, 2.45) is 0 Å². The summed E-state index contributed by atoms with van der Waals surface area (Å²) >= 11 is 0. The molecule has 2 heterocycles. The van der Waals surface area contributed by atoms with Crippen LogP contribution in [-0.2, 0) is 4.74 Å². The average Bonchev–Trinajstić information content (AvgIpc) is 2.98. The van der Waals surface area contributed by atoms with Gasteiger partial charge in [-0.1, -0.05) is 0 Å². The van der Waals surface area contributed by atoms with E-state index in [-0.39, 0.29) is 23.0 Å². The number of hydrogen-bond donors (Lipinski definition) is 1. The van der Waals surface area contributed by atoms with Gasteiger partial charge in [0, 0.05) is 24.3 Å². The molecule has 0 aliphatic carbocycles. The third kappa shape index (κ3) is 3.20. The van der Waals surface area contributed by atoms with E-state index in [0.29, 0.717) is 19.0 Å². The first-order valence-electron chi connectivity index (χ1n) is 7.32. The van der Waals surface area contributed by atoms with Crippen LogP contribution in [0.25, 0.3) is 11.3 Å². The van der Waals surface area contributed by atoms with Crippen LogP contribution < -0.4 is 5.32 Å². The highest BCUT2D eigenvalue weighted by atomic mass is 19.1. The summed E-state index contributed by atoms with van der Waals surface area (Å²) in [6.45, 7) is 3.31. The van der Waals surface area contributed by atoms with Gasteiger partial charge in [-0.25, -0.2) is 4.39 Å². The quantitative estimate of drug-likeness (QED) is 0.945. The molecule has 3 rings (SSSR count). The Labute approximate surface area is 128 Å². The Kier molecular flexibility index (Phi) is 3.98. The van der Waals surface area contributed by atoms with E-state index >= 15 is 0 Å². The number of furan rings is 1. The molecular weight excluding hydrogens is 285 g/mol. The fourth-order valence-corrected chi connectivity index (χ4v) is 2.51. The summed E-state index contributed by atoms with van der Waals surface area (Å²) in [5.41, 5.74) is 0.468. The van der Waals surface area contributed by atoms with Gasteiger partial charge < -0.3 is 14.5 Å². The van der Waals surface area contributed by atoms with Crippen LogP contribution in [0.3, 0.4) is 0 Å². The average molecular weight is 303 g/mol. The monoisotopic (exact) mass is 303 g/mol. The van der Waals surface area contributed by atoms with Gasteiger partial charge in [-0.15, -0.1) is 0 Å². The van der Waals surface area contributed by atoms with Crippen LogP contribution in [0.4, 0.5) is 4.39 Å². The van der Waals surface area contributed by atoms with Gasteiger partial charge in [0.2, 0.25) is 0 Å². The van der Waals surface area contributed by atoms with Gasteiger partial charge in [-0.2, -0.15) is 0 Å². The Morgan fingerprint density at radius 2 is 1.82 bits per heavy atom. The van der Waals surface area contributed by atoms with Crippen LogP contribution in [0, 0.1) is 5.82 Å². The fourth-order valence-electron chi connectivity index (χ4n) is 2.51. The fraction of sp³-hybridized carbons (Fsp3) is 0.353. The molecule has 4 nitrogen and oxygen atoms in total. The molecule has 0 atom stereocenters. The van der Waals surface area contributed by atoms with Gasteiger partial charge in [0.25, 0.3) is 5.91 Å². The zero-order valence-corrected chi connectivity index (χ0v) is 12.4. The van der Waals surface area contributed by atoms with Crippen molar-refractivity contribution in [2.75, 3.05) is 13.2 Å². The van der Waals surface area contributed by atoms with Crippen molar-refractivity contribution in [3.63, 3.8) is 0 Å². The molecule has 0 spiro atoms. The van der Waals surface area contributed by atoms with E-state index in [1.807, 2.05) is 6.92 Å². The molecule has 1 N–H and O–H groups in total. The predicted molar refractivity (Wildman–Crippen MR) is 80.0 cm³/mol. The normalized spacial score (nSPS) is 17.2. The van der Waals surface area contributed by atoms with Crippen LogP contribution in [0.5, 0.6) is 0 Å².